The molecule has 0 aliphatic carbocycles. The predicted octanol–water partition coefficient (Wildman–Crippen LogP) is 4.72. The smallest absolute Gasteiger partial charge is 0.264 e. The lowest BCUT2D eigenvalue weighted by molar-refractivity contribution is 0.0951. The second-order valence-corrected chi connectivity index (χ2v) is 9.70. The molecule has 9 heteroatoms. The van der Waals surface area contributed by atoms with Crippen LogP contribution in [0.5, 0.6) is 5.75 Å². The molecule has 3 rings (SSSR count). The van der Waals surface area contributed by atoms with Gasteiger partial charge in [0.05, 0.1) is 41.4 Å². The topological polar surface area (TPSA) is 75.7 Å². The second kappa shape index (κ2) is 10.00. The lowest BCUT2D eigenvalue weighted by atomic mass is 10.2. The number of carbonyl (C=O) groups is 1. The van der Waals surface area contributed by atoms with Gasteiger partial charge in [-0.25, -0.2) is 8.42 Å². The minimum atomic E-state index is -4.03. The zero-order valence-electron chi connectivity index (χ0n) is 16.7. The van der Waals surface area contributed by atoms with Crippen molar-refractivity contribution < 1.29 is 17.9 Å². The van der Waals surface area contributed by atoms with Crippen molar-refractivity contribution in [3.8, 4) is 5.75 Å². The van der Waals surface area contributed by atoms with Crippen molar-refractivity contribution in [1.82, 2.24) is 5.32 Å². The molecule has 0 aliphatic heterocycles. The number of rotatable bonds is 9. The molecule has 2 aromatic carbocycles. The molecule has 0 fully saturated rings. The highest BCUT2D eigenvalue weighted by molar-refractivity contribution is 7.92. The van der Waals surface area contributed by atoms with Crippen molar-refractivity contribution in [3.05, 3.63) is 88.1 Å². The molecular weight excluding hydrogens is 456 g/mol. The fraction of sp³-hybridized carbons (Fsp3) is 0.136. The van der Waals surface area contributed by atoms with E-state index in [4.69, 9.17) is 16.3 Å². The van der Waals surface area contributed by atoms with E-state index in [0.29, 0.717) is 18.0 Å². The monoisotopic (exact) mass is 476 g/mol. The fourth-order valence-corrected chi connectivity index (χ4v) is 5.24. The molecule has 0 aliphatic rings. The van der Waals surface area contributed by atoms with Crippen LogP contribution in [0.2, 0.25) is 5.02 Å². The summed E-state index contributed by atoms with van der Waals surface area (Å²) >= 11 is 7.72. The maximum atomic E-state index is 13.5. The average Bonchev–Trinajstić information content (AvgIpc) is 3.29. The summed E-state index contributed by atoms with van der Waals surface area (Å²) in [6, 6.07) is 14.6. The van der Waals surface area contributed by atoms with Crippen molar-refractivity contribution in [2.45, 2.75) is 11.4 Å². The molecule has 0 spiro atoms. The summed E-state index contributed by atoms with van der Waals surface area (Å²) in [5.41, 5.74) is 0.446. The number of anilines is 1. The zero-order chi connectivity index (χ0) is 22.4. The first-order chi connectivity index (χ1) is 14.9. The number of hydrogen-bond donors (Lipinski definition) is 1. The van der Waals surface area contributed by atoms with Crippen molar-refractivity contribution in [1.29, 1.82) is 0 Å². The molecule has 0 unspecified atom stereocenters. The van der Waals surface area contributed by atoms with Crippen LogP contribution < -0.4 is 14.4 Å². The van der Waals surface area contributed by atoms with Crippen LogP contribution in [0.1, 0.15) is 15.2 Å². The number of hydrogen-bond acceptors (Lipinski definition) is 5. The largest absolute Gasteiger partial charge is 0.495 e. The van der Waals surface area contributed by atoms with E-state index < -0.39 is 15.9 Å². The van der Waals surface area contributed by atoms with Crippen molar-refractivity contribution in [3.63, 3.8) is 0 Å². The number of benzene rings is 2. The highest BCUT2D eigenvalue weighted by Crippen LogP contribution is 2.33. The Morgan fingerprint density at radius 3 is 2.68 bits per heavy atom. The molecule has 1 heterocycles. The molecule has 1 N–H and O–H groups in total. The van der Waals surface area contributed by atoms with Gasteiger partial charge in [0.1, 0.15) is 5.75 Å². The van der Waals surface area contributed by atoms with E-state index in [-0.39, 0.29) is 22.0 Å². The summed E-state index contributed by atoms with van der Waals surface area (Å²) in [5, 5.41) is 4.84. The van der Waals surface area contributed by atoms with E-state index in [2.05, 4.69) is 11.9 Å². The Labute approximate surface area is 190 Å². The molecule has 1 aromatic heterocycles. The van der Waals surface area contributed by atoms with Crippen LogP contribution in [0.25, 0.3) is 0 Å². The van der Waals surface area contributed by atoms with E-state index >= 15 is 0 Å². The number of amides is 1. The molecular formula is C22H21ClN2O4S2. The molecule has 0 saturated heterocycles. The van der Waals surface area contributed by atoms with Gasteiger partial charge in [0.15, 0.2) is 0 Å². The Morgan fingerprint density at radius 1 is 1.23 bits per heavy atom. The molecule has 6 nitrogen and oxygen atoms in total. The molecule has 0 radical (unpaired) electrons. The van der Waals surface area contributed by atoms with Gasteiger partial charge >= 0.3 is 0 Å². The predicted molar refractivity (Wildman–Crippen MR) is 125 cm³/mol. The number of nitrogens with one attached hydrogen (secondary N) is 1. The third kappa shape index (κ3) is 5.10. The van der Waals surface area contributed by atoms with Gasteiger partial charge in [0.25, 0.3) is 15.9 Å². The van der Waals surface area contributed by atoms with Crippen LogP contribution in [-0.4, -0.2) is 28.0 Å². The van der Waals surface area contributed by atoms with Crippen LogP contribution >= 0.6 is 22.9 Å². The van der Waals surface area contributed by atoms with Crippen LogP contribution in [0, 0.1) is 0 Å². The standard InChI is InChI=1S/C22H21ClN2O4S2/c1-3-12-25(20-8-4-5-9-21(20)29-2)31(27,28)17-10-11-19(23)18(14-17)22(26)24-15-16-7-6-13-30-16/h3-11,13-14H,1,12,15H2,2H3,(H,24,26). The van der Waals surface area contributed by atoms with E-state index in [9.17, 15) is 13.2 Å². The molecule has 162 valence electrons. The highest BCUT2D eigenvalue weighted by Gasteiger charge is 2.27. The first-order valence-corrected chi connectivity index (χ1v) is 11.9. The maximum Gasteiger partial charge on any atom is 0.264 e. The van der Waals surface area contributed by atoms with E-state index in [1.807, 2.05) is 17.5 Å². The van der Waals surface area contributed by atoms with Crippen LogP contribution in [0.3, 0.4) is 0 Å². The van der Waals surface area contributed by atoms with Crippen LogP contribution in [0.15, 0.2) is 77.5 Å². The number of methoxy groups -OCH3 is 1. The summed E-state index contributed by atoms with van der Waals surface area (Å²) in [6.45, 7) is 4.01. The van der Waals surface area contributed by atoms with E-state index in [0.717, 1.165) is 4.88 Å². The Kier molecular flexibility index (Phi) is 7.37. The summed E-state index contributed by atoms with van der Waals surface area (Å²) in [5.74, 6) is -0.0567. The van der Waals surface area contributed by atoms with Crippen molar-refractivity contribution in [2.75, 3.05) is 18.0 Å². The summed E-state index contributed by atoms with van der Waals surface area (Å²) < 4.78 is 33.4. The van der Waals surface area contributed by atoms with Gasteiger partial charge in [-0.2, -0.15) is 0 Å². The summed E-state index contributed by atoms with van der Waals surface area (Å²) in [4.78, 5) is 13.6. The second-order valence-electron chi connectivity index (χ2n) is 6.40. The Morgan fingerprint density at radius 2 is 2.00 bits per heavy atom. The van der Waals surface area contributed by atoms with Crippen LogP contribution in [-0.2, 0) is 16.6 Å². The third-order valence-electron chi connectivity index (χ3n) is 4.42. The molecule has 3 aromatic rings. The van der Waals surface area contributed by atoms with Gasteiger partial charge in [-0.3, -0.25) is 9.10 Å². The van der Waals surface area contributed by atoms with E-state index in [1.165, 1.54) is 47.0 Å². The number of halogens is 1. The summed E-state index contributed by atoms with van der Waals surface area (Å²) in [6.07, 6.45) is 1.48. The quantitative estimate of drug-likeness (QED) is 0.453. The number of sulfonamides is 1. The Balaban J connectivity index is 1.96. The number of thiophene rings is 1. The number of carbonyl (C=O) groups excluding carboxylic acids is 1. The van der Waals surface area contributed by atoms with Gasteiger partial charge in [0.2, 0.25) is 0 Å². The molecule has 31 heavy (non-hydrogen) atoms. The van der Waals surface area contributed by atoms with Crippen LogP contribution in [0.4, 0.5) is 5.69 Å². The SMILES string of the molecule is C=CCN(c1ccccc1OC)S(=O)(=O)c1ccc(Cl)c(C(=O)NCc2cccs2)c1. The fourth-order valence-electron chi connectivity index (χ4n) is 2.92. The lowest BCUT2D eigenvalue weighted by Gasteiger charge is -2.25. The van der Waals surface area contributed by atoms with Gasteiger partial charge < -0.3 is 10.1 Å². The van der Waals surface area contributed by atoms with Gasteiger partial charge in [-0.1, -0.05) is 35.9 Å². The Bertz CT molecular complexity index is 1180. The van der Waals surface area contributed by atoms with Crippen molar-refractivity contribution in [2.24, 2.45) is 0 Å². The minimum Gasteiger partial charge on any atom is -0.495 e. The lowest BCUT2D eigenvalue weighted by Crippen LogP contribution is -2.32. The average molecular weight is 477 g/mol. The number of ether oxygens (including phenoxy) is 1. The van der Waals surface area contributed by atoms with Crippen molar-refractivity contribution >= 4 is 44.6 Å². The molecule has 0 saturated carbocycles. The van der Waals surface area contributed by atoms with Gasteiger partial charge in [0, 0.05) is 4.88 Å². The maximum absolute atomic E-state index is 13.5. The highest BCUT2D eigenvalue weighted by atomic mass is 35.5. The Hall–Kier alpha value is -2.81. The third-order valence-corrected chi connectivity index (χ3v) is 7.40. The first kappa shape index (κ1) is 22.9. The number of para-hydroxylation sites is 2. The molecule has 1 amide bonds. The van der Waals surface area contributed by atoms with E-state index in [1.54, 1.807) is 24.3 Å². The first-order valence-electron chi connectivity index (χ1n) is 9.25. The normalized spacial score (nSPS) is 11.0. The van der Waals surface area contributed by atoms with Gasteiger partial charge in [-0.15, -0.1) is 17.9 Å². The minimum absolute atomic E-state index is 0.0191. The van der Waals surface area contributed by atoms with Gasteiger partial charge in [-0.05, 0) is 41.8 Å². The molecule has 0 bridgehead atoms. The summed E-state index contributed by atoms with van der Waals surface area (Å²) in [7, 11) is -2.57. The zero-order valence-corrected chi connectivity index (χ0v) is 19.1. The molecule has 0 atom stereocenters. The number of nitrogens with zero attached hydrogens (tertiary/aromatic N) is 1.